The van der Waals surface area contributed by atoms with Gasteiger partial charge in [0.2, 0.25) is 0 Å². The molecular weight excluding hydrogens is 312 g/mol. The van der Waals surface area contributed by atoms with E-state index in [1.54, 1.807) is 0 Å². The lowest BCUT2D eigenvalue weighted by atomic mass is 9.96. The second-order valence-corrected chi connectivity index (χ2v) is 6.09. The summed E-state index contributed by atoms with van der Waals surface area (Å²) in [5, 5.41) is 3.57. The summed E-state index contributed by atoms with van der Waals surface area (Å²) in [7, 11) is 0. The molecule has 0 bridgehead atoms. The molecule has 0 fully saturated rings. The number of nitrogens with zero attached hydrogens (tertiary/aromatic N) is 1. The zero-order valence-corrected chi connectivity index (χ0v) is 13.9. The molecule has 1 N–H and O–H groups in total. The van der Waals surface area contributed by atoms with Crippen molar-refractivity contribution in [2.45, 2.75) is 33.2 Å². The number of nitrogens with one attached hydrogen (secondary N) is 1. The number of halogens is 1. The molecule has 0 aliphatic heterocycles. The fraction of sp³-hybridized carbons (Fsp3) is 0.353. The number of benzene rings is 1. The summed E-state index contributed by atoms with van der Waals surface area (Å²) in [6.45, 7) is 7.42. The van der Waals surface area contributed by atoms with E-state index in [1.807, 2.05) is 12.4 Å². The molecule has 2 aromatic rings. The van der Waals surface area contributed by atoms with Crippen molar-refractivity contribution in [3.63, 3.8) is 0 Å². The third kappa shape index (κ3) is 3.90. The van der Waals surface area contributed by atoms with Gasteiger partial charge in [-0.2, -0.15) is 0 Å². The molecule has 0 aliphatic rings. The van der Waals surface area contributed by atoms with Crippen LogP contribution < -0.4 is 5.32 Å². The molecular formula is C17H21BrN2. The average molecular weight is 333 g/mol. The fourth-order valence-corrected chi connectivity index (χ4v) is 2.75. The van der Waals surface area contributed by atoms with E-state index in [1.165, 1.54) is 22.3 Å². The van der Waals surface area contributed by atoms with Gasteiger partial charge in [0.05, 0.1) is 0 Å². The highest BCUT2D eigenvalue weighted by Crippen LogP contribution is 2.22. The van der Waals surface area contributed by atoms with Gasteiger partial charge in [-0.25, -0.2) is 0 Å². The minimum atomic E-state index is 0.329. The third-order valence-corrected chi connectivity index (χ3v) is 4.02. The summed E-state index contributed by atoms with van der Waals surface area (Å²) in [4.78, 5) is 4.25. The maximum atomic E-state index is 4.25. The smallest absolute Gasteiger partial charge is 0.0410 e. The second-order valence-electron chi connectivity index (χ2n) is 5.17. The Hall–Kier alpha value is -1.19. The summed E-state index contributed by atoms with van der Waals surface area (Å²) in [6, 6.07) is 9.18. The van der Waals surface area contributed by atoms with Crippen molar-refractivity contribution in [3.8, 4) is 0 Å². The zero-order valence-electron chi connectivity index (χ0n) is 12.3. The van der Waals surface area contributed by atoms with E-state index in [0.29, 0.717) is 6.04 Å². The van der Waals surface area contributed by atoms with Gasteiger partial charge in [0.15, 0.2) is 0 Å². The van der Waals surface area contributed by atoms with E-state index >= 15 is 0 Å². The van der Waals surface area contributed by atoms with Crippen LogP contribution in [0.5, 0.6) is 0 Å². The molecule has 1 atom stereocenters. The van der Waals surface area contributed by atoms with Crippen LogP contribution in [0.15, 0.2) is 41.1 Å². The molecule has 2 nitrogen and oxygen atoms in total. The Labute approximate surface area is 129 Å². The van der Waals surface area contributed by atoms with Gasteiger partial charge < -0.3 is 5.32 Å². The molecule has 0 radical (unpaired) electrons. The summed E-state index contributed by atoms with van der Waals surface area (Å²) >= 11 is 3.49. The van der Waals surface area contributed by atoms with Crippen LogP contribution in [0.1, 0.15) is 35.2 Å². The molecule has 2 rings (SSSR count). The number of pyridine rings is 1. The monoisotopic (exact) mass is 332 g/mol. The molecule has 106 valence electrons. The molecule has 0 saturated heterocycles. The fourth-order valence-electron chi connectivity index (χ4n) is 2.34. The third-order valence-electron chi connectivity index (χ3n) is 3.59. The van der Waals surface area contributed by atoms with Gasteiger partial charge in [-0.3, -0.25) is 4.98 Å². The Kier molecular flexibility index (Phi) is 5.32. The summed E-state index contributed by atoms with van der Waals surface area (Å²) in [6.07, 6.45) is 4.71. The Morgan fingerprint density at radius 2 is 1.95 bits per heavy atom. The van der Waals surface area contributed by atoms with Gasteiger partial charge >= 0.3 is 0 Å². The molecule has 0 spiro atoms. The molecule has 0 amide bonds. The highest BCUT2D eigenvalue weighted by atomic mass is 79.9. The van der Waals surface area contributed by atoms with Crippen LogP contribution in [0.4, 0.5) is 0 Å². The van der Waals surface area contributed by atoms with Crippen LogP contribution in [0.3, 0.4) is 0 Å². The molecule has 3 heteroatoms. The Bertz CT molecular complexity index is 581. The largest absolute Gasteiger partial charge is 0.310 e. The maximum Gasteiger partial charge on any atom is 0.0410 e. The van der Waals surface area contributed by atoms with Crippen LogP contribution in [0.2, 0.25) is 0 Å². The lowest BCUT2D eigenvalue weighted by Crippen LogP contribution is -2.23. The molecule has 0 saturated carbocycles. The van der Waals surface area contributed by atoms with Crippen molar-refractivity contribution in [1.82, 2.24) is 10.3 Å². The van der Waals surface area contributed by atoms with E-state index in [4.69, 9.17) is 0 Å². The van der Waals surface area contributed by atoms with E-state index in [0.717, 1.165) is 17.4 Å². The maximum absolute atomic E-state index is 4.25. The number of aryl methyl sites for hydroxylation is 2. The Balaban J connectivity index is 2.24. The topological polar surface area (TPSA) is 24.9 Å². The first-order valence-electron chi connectivity index (χ1n) is 7.00. The molecule has 1 aromatic heterocycles. The van der Waals surface area contributed by atoms with Crippen molar-refractivity contribution in [1.29, 1.82) is 0 Å². The number of hydrogen-bond acceptors (Lipinski definition) is 2. The molecule has 1 unspecified atom stereocenters. The highest BCUT2D eigenvalue weighted by Gasteiger charge is 2.12. The lowest BCUT2D eigenvalue weighted by Gasteiger charge is -2.19. The SMILES string of the molecule is CCNC(Cc1cncc(Br)c1)c1ccc(C)c(C)c1. The minimum Gasteiger partial charge on any atom is -0.310 e. The standard InChI is InChI=1S/C17H21BrN2/c1-4-20-17(9-14-8-16(18)11-19-10-14)15-6-5-12(2)13(3)7-15/h5-8,10-11,17,20H,4,9H2,1-3H3. The van der Waals surface area contributed by atoms with Crippen LogP contribution in [-0.2, 0) is 6.42 Å². The molecule has 0 aliphatic carbocycles. The predicted molar refractivity (Wildman–Crippen MR) is 88.0 cm³/mol. The van der Waals surface area contributed by atoms with Crippen LogP contribution in [0, 0.1) is 13.8 Å². The van der Waals surface area contributed by atoms with Crippen LogP contribution in [0.25, 0.3) is 0 Å². The van der Waals surface area contributed by atoms with Crippen molar-refractivity contribution >= 4 is 15.9 Å². The van der Waals surface area contributed by atoms with E-state index in [9.17, 15) is 0 Å². The Morgan fingerprint density at radius 1 is 1.15 bits per heavy atom. The van der Waals surface area contributed by atoms with Gasteiger partial charge in [0.25, 0.3) is 0 Å². The first-order chi connectivity index (χ1) is 9.60. The summed E-state index contributed by atoms with van der Waals surface area (Å²) in [5.41, 5.74) is 5.27. The summed E-state index contributed by atoms with van der Waals surface area (Å²) < 4.78 is 1.03. The summed E-state index contributed by atoms with van der Waals surface area (Å²) in [5.74, 6) is 0. The van der Waals surface area contributed by atoms with Gasteiger partial charge in [0.1, 0.15) is 0 Å². The number of hydrogen-bond donors (Lipinski definition) is 1. The quantitative estimate of drug-likeness (QED) is 0.880. The van der Waals surface area contributed by atoms with Crippen LogP contribution >= 0.6 is 15.9 Å². The highest BCUT2D eigenvalue weighted by molar-refractivity contribution is 9.10. The molecule has 1 aromatic carbocycles. The van der Waals surface area contributed by atoms with E-state index < -0.39 is 0 Å². The normalized spacial score (nSPS) is 12.4. The zero-order chi connectivity index (χ0) is 14.5. The Morgan fingerprint density at radius 3 is 2.60 bits per heavy atom. The van der Waals surface area contributed by atoms with Gasteiger partial charge in [-0.1, -0.05) is 25.1 Å². The first kappa shape index (κ1) is 15.2. The number of likely N-dealkylation sites (N-methyl/N-ethyl adjacent to an activating group) is 1. The second kappa shape index (κ2) is 7.00. The van der Waals surface area contributed by atoms with Crippen LogP contribution in [-0.4, -0.2) is 11.5 Å². The van der Waals surface area contributed by atoms with Crippen molar-refractivity contribution < 1.29 is 0 Å². The van der Waals surface area contributed by atoms with Gasteiger partial charge in [-0.15, -0.1) is 0 Å². The number of rotatable bonds is 5. The first-order valence-corrected chi connectivity index (χ1v) is 7.79. The average Bonchev–Trinajstić information content (AvgIpc) is 2.41. The minimum absolute atomic E-state index is 0.329. The lowest BCUT2D eigenvalue weighted by molar-refractivity contribution is 0.548. The van der Waals surface area contributed by atoms with Crippen molar-refractivity contribution in [2.24, 2.45) is 0 Å². The van der Waals surface area contributed by atoms with Crippen molar-refractivity contribution in [2.75, 3.05) is 6.54 Å². The molecule has 1 heterocycles. The van der Waals surface area contributed by atoms with E-state index in [2.05, 4.69) is 71.3 Å². The van der Waals surface area contributed by atoms with E-state index in [-0.39, 0.29) is 0 Å². The van der Waals surface area contributed by atoms with Gasteiger partial charge in [-0.05, 0) is 71.1 Å². The predicted octanol–water partition coefficient (Wildman–Crippen LogP) is 4.35. The molecule has 20 heavy (non-hydrogen) atoms. The number of aromatic nitrogens is 1. The van der Waals surface area contributed by atoms with Crippen molar-refractivity contribution in [3.05, 3.63) is 63.4 Å². The van der Waals surface area contributed by atoms with Gasteiger partial charge in [0, 0.05) is 22.9 Å².